The average molecular weight is 561 g/mol. The van der Waals surface area contributed by atoms with Crippen molar-refractivity contribution in [2.24, 2.45) is 5.41 Å². The largest absolute Gasteiger partial charge is 0.465 e. The maximum Gasteiger partial charge on any atom is 0.323 e. The van der Waals surface area contributed by atoms with Gasteiger partial charge in [-0.2, -0.15) is 0 Å². The van der Waals surface area contributed by atoms with Crippen LogP contribution >= 0.6 is 0 Å². The molecule has 0 N–H and O–H groups in total. The van der Waals surface area contributed by atoms with E-state index in [0.29, 0.717) is 32.7 Å². The van der Waals surface area contributed by atoms with E-state index in [0.717, 1.165) is 64.4 Å². The molecule has 0 aliphatic heterocycles. The van der Waals surface area contributed by atoms with Crippen LogP contribution in [0.5, 0.6) is 0 Å². The van der Waals surface area contributed by atoms with Crippen LogP contribution < -0.4 is 0 Å². The molecule has 0 aromatic heterocycles. The minimum Gasteiger partial charge on any atom is -0.465 e. The Labute approximate surface area is 246 Å². The number of hydrogen-bond donors (Lipinski definition) is 0. The van der Waals surface area contributed by atoms with Gasteiger partial charge in [0.2, 0.25) is 0 Å². The van der Waals surface area contributed by atoms with Gasteiger partial charge in [-0.1, -0.05) is 141 Å². The van der Waals surface area contributed by atoms with Gasteiger partial charge in [0.25, 0.3) is 0 Å². The monoisotopic (exact) mass is 560 g/mol. The number of benzene rings is 1. The van der Waals surface area contributed by atoms with Crippen molar-refractivity contribution in [2.45, 2.75) is 149 Å². The minimum atomic E-state index is -1.18. The van der Waals surface area contributed by atoms with E-state index in [1.807, 2.05) is 25.1 Å². The summed E-state index contributed by atoms with van der Waals surface area (Å²) >= 11 is 0. The number of unbranched alkanes of at least 4 members (excludes halogenated alkanes) is 13. The Balaban J connectivity index is 2.56. The summed E-state index contributed by atoms with van der Waals surface area (Å²) in [6, 6.07) is 10.2. The zero-order chi connectivity index (χ0) is 29.2. The third-order valence-corrected chi connectivity index (χ3v) is 7.67. The highest BCUT2D eigenvalue weighted by Crippen LogP contribution is 2.35. The smallest absolute Gasteiger partial charge is 0.323 e. The fourth-order valence-electron chi connectivity index (χ4n) is 5.16. The Bertz CT molecular complexity index is 703. The lowest BCUT2D eigenvalue weighted by Crippen LogP contribution is -2.42. The number of esters is 2. The molecule has 0 bridgehead atoms. The Kier molecular flexibility index (Phi) is 22.5. The third-order valence-electron chi connectivity index (χ3n) is 7.67. The van der Waals surface area contributed by atoms with Crippen molar-refractivity contribution < 1.29 is 23.8 Å². The number of ether oxygens (including phenoxy) is 3. The second-order valence-electron chi connectivity index (χ2n) is 11.3. The molecule has 0 spiro atoms. The zero-order valence-corrected chi connectivity index (χ0v) is 26.2. The first-order chi connectivity index (χ1) is 19.6. The van der Waals surface area contributed by atoms with Gasteiger partial charge in [0.15, 0.2) is 5.41 Å². The third kappa shape index (κ3) is 16.4. The molecule has 0 saturated carbocycles. The first kappa shape index (κ1) is 36.1. The summed E-state index contributed by atoms with van der Waals surface area (Å²) in [5.74, 6) is -0.746. The summed E-state index contributed by atoms with van der Waals surface area (Å²) in [5, 5.41) is 0. The van der Waals surface area contributed by atoms with E-state index in [-0.39, 0.29) is 11.9 Å². The Hall–Kier alpha value is -1.88. The molecule has 0 fully saturated rings. The Morgan fingerprint density at radius 1 is 0.550 bits per heavy atom. The van der Waals surface area contributed by atoms with E-state index < -0.39 is 5.41 Å². The van der Waals surface area contributed by atoms with Gasteiger partial charge in [-0.05, 0) is 37.7 Å². The number of carbonyl (C=O) groups excluding carboxylic acids is 2. The van der Waals surface area contributed by atoms with Crippen molar-refractivity contribution in [3.8, 4) is 0 Å². The summed E-state index contributed by atoms with van der Waals surface area (Å²) in [5.41, 5.74) is 0.00832. The molecular formula is C35H60O5. The van der Waals surface area contributed by atoms with E-state index in [2.05, 4.69) is 26.0 Å². The average Bonchev–Trinajstić information content (AvgIpc) is 2.97. The lowest BCUT2D eigenvalue weighted by atomic mass is 9.78. The van der Waals surface area contributed by atoms with Crippen LogP contribution in [0.2, 0.25) is 0 Å². The number of rotatable bonds is 27. The summed E-state index contributed by atoms with van der Waals surface area (Å²) < 4.78 is 17.3. The van der Waals surface area contributed by atoms with Gasteiger partial charge in [-0.15, -0.1) is 0 Å². The van der Waals surface area contributed by atoms with Crippen molar-refractivity contribution in [2.75, 3.05) is 19.8 Å². The van der Waals surface area contributed by atoms with Crippen LogP contribution in [0.1, 0.15) is 148 Å². The Morgan fingerprint density at radius 2 is 1.02 bits per heavy atom. The molecule has 5 nitrogen and oxygen atoms in total. The molecule has 5 heteroatoms. The lowest BCUT2D eigenvalue weighted by Gasteiger charge is -2.29. The van der Waals surface area contributed by atoms with Crippen molar-refractivity contribution in [1.29, 1.82) is 0 Å². The second kappa shape index (κ2) is 24.9. The molecule has 0 amide bonds. The molecule has 0 unspecified atom stereocenters. The maximum atomic E-state index is 13.4. The minimum absolute atomic E-state index is 0.373. The molecule has 0 heterocycles. The molecule has 1 aromatic rings. The highest BCUT2D eigenvalue weighted by atomic mass is 16.6. The van der Waals surface area contributed by atoms with E-state index in [9.17, 15) is 9.59 Å². The Morgan fingerprint density at radius 3 is 1.55 bits per heavy atom. The van der Waals surface area contributed by atoms with Crippen LogP contribution in [0.4, 0.5) is 0 Å². The molecule has 40 heavy (non-hydrogen) atoms. The summed E-state index contributed by atoms with van der Waals surface area (Å²) in [4.78, 5) is 26.9. The topological polar surface area (TPSA) is 61.8 Å². The summed E-state index contributed by atoms with van der Waals surface area (Å²) in [6.07, 6.45) is 19.0. The van der Waals surface area contributed by atoms with Crippen molar-refractivity contribution in [3.63, 3.8) is 0 Å². The van der Waals surface area contributed by atoms with E-state index in [1.165, 1.54) is 56.9 Å². The highest BCUT2D eigenvalue weighted by molar-refractivity contribution is 6.00. The fraction of sp³-hybridized carbons (Fsp3) is 0.771. The molecule has 1 aromatic carbocycles. The van der Waals surface area contributed by atoms with Gasteiger partial charge in [-0.25, -0.2) is 0 Å². The normalized spacial score (nSPS) is 11.5. The molecule has 0 saturated heterocycles. The number of hydrogen-bond acceptors (Lipinski definition) is 5. The van der Waals surface area contributed by atoms with Crippen LogP contribution in [0, 0.1) is 5.41 Å². The predicted octanol–water partition coefficient (Wildman–Crippen LogP) is 9.75. The number of carbonyl (C=O) groups is 2. The van der Waals surface area contributed by atoms with Gasteiger partial charge in [0.05, 0.1) is 19.8 Å². The summed E-state index contributed by atoms with van der Waals surface area (Å²) in [6.45, 7) is 8.58. The van der Waals surface area contributed by atoms with Gasteiger partial charge in [0, 0.05) is 6.61 Å². The molecule has 0 aliphatic rings. The van der Waals surface area contributed by atoms with Gasteiger partial charge in [0.1, 0.15) is 0 Å². The first-order valence-electron chi connectivity index (χ1n) is 16.6. The lowest BCUT2D eigenvalue weighted by molar-refractivity contribution is -0.174. The quantitative estimate of drug-likeness (QED) is 0.0609. The van der Waals surface area contributed by atoms with Crippen molar-refractivity contribution in [1.82, 2.24) is 0 Å². The van der Waals surface area contributed by atoms with Gasteiger partial charge in [-0.3, -0.25) is 9.59 Å². The predicted molar refractivity (Wildman–Crippen MR) is 165 cm³/mol. The molecule has 0 atom stereocenters. The molecular weight excluding hydrogens is 500 g/mol. The standard InChI is InChI=1S/C35H60O5/c1-4-7-9-11-14-22-29-39-33(36)35(26-6-3,34(37)40-30-23-15-12-10-8-5-2)27-20-13-16-21-28-38-31-32-24-18-17-19-25-32/h17-19,24-25H,4-16,20-23,26-31H2,1-3H3. The summed E-state index contributed by atoms with van der Waals surface area (Å²) in [7, 11) is 0. The first-order valence-corrected chi connectivity index (χ1v) is 16.6. The van der Waals surface area contributed by atoms with Crippen LogP contribution in [0.3, 0.4) is 0 Å². The SMILES string of the molecule is CCCCCCCCOC(=O)C(CCC)(CCCCCCOCc1ccccc1)C(=O)OCCCCCCCC. The van der Waals surface area contributed by atoms with E-state index >= 15 is 0 Å². The maximum absolute atomic E-state index is 13.4. The molecule has 1 rings (SSSR count). The van der Waals surface area contributed by atoms with Crippen LogP contribution in [-0.2, 0) is 30.4 Å². The molecule has 0 radical (unpaired) electrons. The van der Waals surface area contributed by atoms with Crippen LogP contribution in [0.25, 0.3) is 0 Å². The van der Waals surface area contributed by atoms with Gasteiger partial charge >= 0.3 is 11.9 Å². The van der Waals surface area contributed by atoms with Crippen molar-refractivity contribution >= 4 is 11.9 Å². The highest BCUT2D eigenvalue weighted by Gasteiger charge is 2.47. The van der Waals surface area contributed by atoms with Gasteiger partial charge < -0.3 is 14.2 Å². The van der Waals surface area contributed by atoms with Crippen LogP contribution in [-0.4, -0.2) is 31.8 Å². The van der Waals surface area contributed by atoms with E-state index in [1.54, 1.807) is 0 Å². The van der Waals surface area contributed by atoms with E-state index in [4.69, 9.17) is 14.2 Å². The molecule has 230 valence electrons. The second-order valence-corrected chi connectivity index (χ2v) is 11.3. The van der Waals surface area contributed by atoms with Crippen molar-refractivity contribution in [3.05, 3.63) is 35.9 Å². The zero-order valence-electron chi connectivity index (χ0n) is 26.2. The van der Waals surface area contributed by atoms with Crippen LogP contribution in [0.15, 0.2) is 30.3 Å². The molecule has 0 aliphatic carbocycles. The fourth-order valence-corrected chi connectivity index (χ4v) is 5.16.